The fourth-order valence-corrected chi connectivity index (χ4v) is 19.5. The van der Waals surface area contributed by atoms with Crippen molar-refractivity contribution in [2.75, 3.05) is 24.7 Å². The summed E-state index contributed by atoms with van der Waals surface area (Å²) in [6.07, 6.45) is 35.0. The van der Waals surface area contributed by atoms with Crippen LogP contribution in [-0.2, 0) is 74.0 Å². The van der Waals surface area contributed by atoms with Crippen molar-refractivity contribution in [3.05, 3.63) is 246 Å². The van der Waals surface area contributed by atoms with Crippen LogP contribution in [0.5, 0.6) is 0 Å². The number of thioether (sulfide) groups is 2. The lowest BCUT2D eigenvalue weighted by Crippen LogP contribution is -2.23. The van der Waals surface area contributed by atoms with Crippen molar-refractivity contribution in [2.45, 2.75) is 213 Å². The van der Waals surface area contributed by atoms with Crippen molar-refractivity contribution < 1.29 is 32.2 Å². The van der Waals surface area contributed by atoms with E-state index in [-0.39, 0.29) is 40.0 Å². The maximum absolute atomic E-state index is 12.9. The van der Waals surface area contributed by atoms with Crippen LogP contribution < -0.4 is 10.5 Å². The Bertz CT molecular complexity index is 4700. The Hall–Kier alpha value is -6.68. The molecule has 0 saturated carbocycles. The molecule has 0 amide bonds. The van der Waals surface area contributed by atoms with Gasteiger partial charge in [0.05, 0.1) is 67.6 Å². The third-order valence-electron chi connectivity index (χ3n) is 17.7. The highest BCUT2D eigenvalue weighted by atomic mass is 79.9. The average Bonchev–Trinajstić information content (AvgIpc) is 1.41. The number of hydrogen-bond acceptors (Lipinski definition) is 20. The monoisotopic (exact) mass is 1820 g/mol. The first-order valence-corrected chi connectivity index (χ1v) is 47.3. The van der Waals surface area contributed by atoms with Gasteiger partial charge in [0.2, 0.25) is 9.84 Å². The predicted molar refractivity (Wildman–Crippen MR) is 488 cm³/mol. The molecule has 0 aliphatic rings. The molecule has 2 atom stereocenters. The summed E-state index contributed by atoms with van der Waals surface area (Å²) in [7, 11) is -3.69. The Morgan fingerprint density at radius 2 is 1.01 bits per heavy atom. The molecule has 0 radical (unpaired) electrons. The summed E-state index contributed by atoms with van der Waals surface area (Å²) in [4.78, 5) is 52.7. The fraction of sp³-hybridized carbons (Fsp3) is 0.382. The SMILES string of the molecule is CCCCC(CC)COC(=O)CCSc1cc(Br)cc(CC)c1.CCCCC(CC)COC(=O)CCSc1cc(CC)cc(-c2cccnc2)c1.CCc1cc(-c2ccc[n+]([O-])c2)cc(S(=O)(=O)c2cnc(CN)s2)c1.CCc1cc(Sc2cnc(CC)s2)cc(-c2cccnc2)c1.CCc1ncc(Br)s1.Cc1cccnc1.Cl. The van der Waals surface area contributed by atoms with E-state index in [1.807, 2.05) is 81.4 Å². The molecular formula is C89H111Br2ClN8O7S7. The van der Waals surface area contributed by atoms with E-state index in [2.05, 4.69) is 191 Å². The summed E-state index contributed by atoms with van der Waals surface area (Å²) >= 11 is 16.7. The lowest BCUT2D eigenvalue weighted by atomic mass is 10.0. The second kappa shape index (κ2) is 55.1. The highest BCUT2D eigenvalue weighted by Crippen LogP contribution is 2.37. The number of aryl methyl sites for hydroxylation is 7. The molecule has 7 heterocycles. The summed E-state index contributed by atoms with van der Waals surface area (Å²) < 4.78 is 41.2. The zero-order valence-electron chi connectivity index (χ0n) is 67.5. The van der Waals surface area contributed by atoms with Gasteiger partial charge in [0, 0.05) is 97.1 Å². The lowest BCUT2D eigenvalue weighted by Gasteiger charge is -2.14. The Morgan fingerprint density at radius 3 is 1.45 bits per heavy atom. The van der Waals surface area contributed by atoms with Crippen LogP contribution in [0, 0.1) is 24.0 Å². The summed E-state index contributed by atoms with van der Waals surface area (Å²) in [5, 5.41) is 14.5. The number of carbonyl (C=O) groups excluding carboxylic acids is 2. The summed E-state index contributed by atoms with van der Waals surface area (Å²) in [5.41, 5.74) is 17.6. The van der Waals surface area contributed by atoms with Gasteiger partial charge < -0.3 is 20.4 Å². The highest BCUT2D eigenvalue weighted by molar-refractivity contribution is 9.11. The van der Waals surface area contributed by atoms with Gasteiger partial charge in [-0.05, 0) is 209 Å². The van der Waals surface area contributed by atoms with Crippen LogP contribution in [0.2, 0.25) is 0 Å². The van der Waals surface area contributed by atoms with Crippen LogP contribution in [0.4, 0.5) is 0 Å². The predicted octanol–water partition coefficient (Wildman–Crippen LogP) is 24.9. The van der Waals surface area contributed by atoms with Crippen molar-refractivity contribution in [3.8, 4) is 33.4 Å². The van der Waals surface area contributed by atoms with E-state index in [4.69, 9.17) is 15.2 Å². The minimum absolute atomic E-state index is 0. The topological polar surface area (TPSA) is 217 Å². The average molecular weight is 1820 g/mol. The molecule has 2 N–H and O–H groups in total. The Morgan fingerprint density at radius 1 is 0.526 bits per heavy atom. The number of ether oxygens (including phenoxy) is 2. The van der Waals surface area contributed by atoms with Crippen LogP contribution in [0.25, 0.3) is 33.4 Å². The van der Waals surface area contributed by atoms with Gasteiger partial charge >= 0.3 is 11.9 Å². The molecule has 25 heteroatoms. The number of unbranched alkanes of at least 4 members (excludes halogenated alkanes) is 2. The van der Waals surface area contributed by atoms with E-state index in [0.29, 0.717) is 65.2 Å². The zero-order chi connectivity index (χ0) is 81.8. The number of pyridine rings is 4. The molecule has 4 aromatic carbocycles. The van der Waals surface area contributed by atoms with Crippen molar-refractivity contribution in [2.24, 2.45) is 17.6 Å². The molecule has 0 aliphatic carbocycles. The Labute approximate surface area is 725 Å². The number of carbonyl (C=O) groups is 2. The summed E-state index contributed by atoms with van der Waals surface area (Å²) in [6.45, 7) is 24.8. The molecule has 114 heavy (non-hydrogen) atoms. The van der Waals surface area contributed by atoms with Gasteiger partial charge in [-0.25, -0.2) is 23.4 Å². The third kappa shape index (κ3) is 36.0. The van der Waals surface area contributed by atoms with Crippen LogP contribution in [0.3, 0.4) is 0 Å². The van der Waals surface area contributed by atoms with E-state index in [0.717, 1.165) is 100 Å². The largest absolute Gasteiger partial charge is 0.619 e. The zero-order valence-corrected chi connectivity index (χ0v) is 77.2. The Balaban J connectivity index is 0.000000255. The molecule has 11 aromatic rings. The number of thiazole rings is 3. The summed E-state index contributed by atoms with van der Waals surface area (Å²) in [6, 6.07) is 40.5. The molecule has 2 unspecified atom stereocenters. The fourth-order valence-electron chi connectivity index (χ4n) is 11.0. The number of nitrogens with two attached hydrogens (primary N) is 1. The lowest BCUT2D eigenvalue weighted by molar-refractivity contribution is -0.604. The second-order valence-corrected chi connectivity index (χ2v) is 37.9. The minimum Gasteiger partial charge on any atom is -0.619 e. The molecule has 11 rings (SSSR count). The molecule has 0 saturated heterocycles. The molecule has 612 valence electrons. The van der Waals surface area contributed by atoms with E-state index in [1.165, 1.54) is 112 Å². The molecule has 0 spiro atoms. The molecule has 15 nitrogen and oxygen atoms in total. The number of halogens is 3. The van der Waals surface area contributed by atoms with Crippen molar-refractivity contribution in [1.29, 1.82) is 0 Å². The number of hydrogen-bond donors (Lipinski definition) is 1. The van der Waals surface area contributed by atoms with Gasteiger partial charge in [-0.15, -0.1) is 69.9 Å². The second-order valence-electron chi connectivity index (χ2n) is 26.4. The van der Waals surface area contributed by atoms with Gasteiger partial charge in [-0.1, -0.05) is 172 Å². The number of rotatable bonds is 34. The van der Waals surface area contributed by atoms with E-state index < -0.39 is 9.84 Å². The van der Waals surface area contributed by atoms with Gasteiger partial charge in [-0.2, -0.15) is 4.73 Å². The minimum atomic E-state index is -3.69. The first-order valence-electron chi connectivity index (χ1n) is 39.0. The maximum atomic E-state index is 12.9. The van der Waals surface area contributed by atoms with Crippen LogP contribution >= 0.6 is 114 Å². The molecular weight excluding hydrogens is 1710 g/mol. The van der Waals surface area contributed by atoms with E-state index in [9.17, 15) is 23.2 Å². The number of benzene rings is 4. The standard InChI is InChI=1S/C24H33NO2S.C19H29BrO2S.C18H18N2S2.C17H17N3O3S2.C6H7N.C5H6BrNS.ClH/c1-4-7-9-19(5-2)18-27-24(26)11-13-28-23-15-20(6-3)14-22(16-23)21-10-8-12-25-17-21;1-4-7-8-15(5-2)14-22-19(21)9-10-23-18-12-16(6-3)11-17(20)13-18;1-3-13-8-15(14-6-5-7-19-11-14)10-16(9-13)21-18-12-20-17(4-2)22-18;1-2-12-6-14(13-4-3-5-20(21)11-13)8-15(7-12)25(22,23)17-10-19-16(9-18)24-17;1-6-3-2-4-7-5-6;1-2-5-7-3-4(6)8-5;/h8,10,12,14-17,19H,4-7,9,11,13,18H2,1-3H3;11-13,15H,4-10,14H2,1-3H3;5-12H,3-4H2,1-2H3;3-8,10-11H,2,9,18H2,1H3;2-5H,1H3;3H,2H2,1H3;1H. The first-order chi connectivity index (χ1) is 54.7. The van der Waals surface area contributed by atoms with Crippen molar-refractivity contribution in [3.63, 3.8) is 0 Å². The smallest absolute Gasteiger partial charge is 0.306 e. The number of aromatic nitrogens is 7. The number of nitrogens with zero attached hydrogens (tertiary/aromatic N) is 7. The van der Waals surface area contributed by atoms with Crippen molar-refractivity contribution in [1.82, 2.24) is 29.9 Å². The molecule has 7 aromatic heterocycles. The van der Waals surface area contributed by atoms with Crippen molar-refractivity contribution >= 4 is 135 Å². The number of sulfone groups is 1. The van der Waals surface area contributed by atoms with Crippen LogP contribution in [0.1, 0.15) is 176 Å². The van der Waals surface area contributed by atoms with E-state index >= 15 is 0 Å². The first kappa shape index (κ1) is 97.9. The molecule has 0 fully saturated rings. The van der Waals surface area contributed by atoms with Gasteiger partial charge in [-0.3, -0.25) is 24.5 Å². The highest BCUT2D eigenvalue weighted by Gasteiger charge is 2.23. The summed E-state index contributed by atoms with van der Waals surface area (Å²) in [5.74, 6) is 2.37. The Kier molecular flexibility index (Phi) is 47.3. The number of esters is 2. The van der Waals surface area contributed by atoms with Gasteiger partial charge in [0.1, 0.15) is 9.22 Å². The third-order valence-corrected chi connectivity index (χ3v) is 27.2. The maximum Gasteiger partial charge on any atom is 0.306 e. The molecule has 0 aliphatic heterocycles. The quantitative estimate of drug-likeness (QED) is 0.0172. The molecule has 0 bridgehead atoms. The van der Waals surface area contributed by atoms with Gasteiger partial charge in [0.15, 0.2) is 12.4 Å². The normalized spacial score (nSPS) is 11.2. The van der Waals surface area contributed by atoms with E-state index in [1.54, 1.807) is 94.6 Å². The van der Waals surface area contributed by atoms with Gasteiger partial charge in [0.25, 0.3) is 0 Å². The van der Waals surface area contributed by atoms with Crippen LogP contribution in [0.15, 0.2) is 226 Å². The van der Waals surface area contributed by atoms with Crippen LogP contribution in [-0.4, -0.2) is 75.0 Å².